The summed E-state index contributed by atoms with van der Waals surface area (Å²) in [5.41, 5.74) is 7.03. The molecule has 2 aromatic rings. The van der Waals surface area contributed by atoms with E-state index in [0.29, 0.717) is 11.0 Å². The van der Waals surface area contributed by atoms with Crippen LogP contribution in [0.25, 0.3) is 6.08 Å². The average Bonchev–Trinajstić information content (AvgIpc) is 2.97. The Morgan fingerprint density at radius 3 is 2.31 bits per heavy atom. The summed E-state index contributed by atoms with van der Waals surface area (Å²) < 4.78 is 17.6. The first-order valence-corrected chi connectivity index (χ1v) is 10.5. The highest BCUT2D eigenvalue weighted by molar-refractivity contribution is 6.56. The minimum absolute atomic E-state index is 0.144. The van der Waals surface area contributed by atoms with E-state index < -0.39 is 30.3 Å². The molecule has 0 atom stereocenters. The van der Waals surface area contributed by atoms with Gasteiger partial charge < -0.3 is 25.1 Å². The van der Waals surface area contributed by atoms with Crippen LogP contribution >= 0.6 is 0 Å². The Morgan fingerprint density at radius 1 is 1.03 bits per heavy atom. The predicted molar refractivity (Wildman–Crippen MR) is 124 cm³/mol. The maximum absolute atomic E-state index is 12.3. The Hall–Kier alpha value is -3.10. The van der Waals surface area contributed by atoms with Crippen molar-refractivity contribution >= 4 is 25.2 Å². The predicted octanol–water partition coefficient (Wildman–Crippen LogP) is 3.73. The van der Waals surface area contributed by atoms with E-state index in [-0.39, 0.29) is 13.2 Å². The maximum Gasteiger partial charge on any atom is 0.492 e. The number of ether oxygens (including phenoxy) is 1. The molecule has 1 heterocycles. The van der Waals surface area contributed by atoms with E-state index in [1.54, 1.807) is 18.2 Å². The van der Waals surface area contributed by atoms with Crippen LogP contribution in [0.15, 0.2) is 60.1 Å². The monoisotopic (exact) mass is 436 g/mol. The summed E-state index contributed by atoms with van der Waals surface area (Å²) in [7, 11) is -0.674. The maximum atomic E-state index is 12.3. The number of nitrogens with two attached hydrogens (primary N) is 1. The van der Waals surface area contributed by atoms with Gasteiger partial charge in [-0.2, -0.15) is 0 Å². The smallest absolute Gasteiger partial charge is 0.445 e. The number of rotatable bonds is 7. The number of hydrogen-bond donors (Lipinski definition) is 2. The van der Waals surface area contributed by atoms with E-state index >= 15 is 0 Å². The van der Waals surface area contributed by atoms with Gasteiger partial charge in [-0.3, -0.25) is 4.79 Å². The van der Waals surface area contributed by atoms with Crippen LogP contribution in [-0.4, -0.2) is 36.9 Å². The highest BCUT2D eigenvalue weighted by Crippen LogP contribution is 2.38. The highest BCUT2D eigenvalue weighted by atomic mass is 16.7. The van der Waals surface area contributed by atoms with Crippen molar-refractivity contribution in [1.82, 2.24) is 5.32 Å². The molecule has 0 spiro atoms. The number of carbonyl (C=O) groups excluding carboxylic acids is 2. The van der Waals surface area contributed by atoms with Crippen LogP contribution in [0.5, 0.6) is 0 Å². The molecule has 32 heavy (non-hydrogen) atoms. The molecule has 0 saturated carbocycles. The normalized spacial score (nSPS) is 17.1. The standard InChI is InChI=1S/C24H29BN2O5/c1-23(2)24(3,4)32-25(31-23)20(14-18-11-8-12-19(13-18)21(26)28)15-27-22(29)30-16-17-9-6-5-7-10-17/h5-14H,15-16H2,1-4H3,(H2,26,28)(H,27,29). The van der Waals surface area contributed by atoms with Crippen LogP contribution in [0.4, 0.5) is 4.79 Å². The molecule has 7 nitrogen and oxygen atoms in total. The Balaban J connectivity index is 1.76. The first-order chi connectivity index (χ1) is 15.1. The SMILES string of the molecule is CC1(C)OB(C(=Cc2cccc(C(N)=O)c2)CNC(=O)OCc2ccccc2)OC1(C)C. The molecule has 0 unspecified atom stereocenters. The fourth-order valence-corrected chi connectivity index (χ4v) is 3.14. The van der Waals surface area contributed by atoms with Gasteiger partial charge in [0.2, 0.25) is 5.91 Å². The molecular formula is C24H29BN2O5. The van der Waals surface area contributed by atoms with Crippen molar-refractivity contribution in [2.24, 2.45) is 5.73 Å². The Kier molecular flexibility index (Phi) is 7.06. The first-order valence-electron chi connectivity index (χ1n) is 10.5. The molecule has 0 radical (unpaired) electrons. The van der Waals surface area contributed by atoms with Crippen molar-refractivity contribution in [3.63, 3.8) is 0 Å². The van der Waals surface area contributed by atoms with Crippen LogP contribution in [-0.2, 0) is 20.7 Å². The summed E-state index contributed by atoms with van der Waals surface area (Å²) >= 11 is 0. The molecule has 1 fully saturated rings. The molecule has 2 aromatic carbocycles. The molecule has 0 bridgehead atoms. The van der Waals surface area contributed by atoms with Crippen molar-refractivity contribution < 1.29 is 23.6 Å². The van der Waals surface area contributed by atoms with Crippen LogP contribution in [0.2, 0.25) is 0 Å². The van der Waals surface area contributed by atoms with Gasteiger partial charge in [0.15, 0.2) is 0 Å². The zero-order valence-corrected chi connectivity index (χ0v) is 18.9. The lowest BCUT2D eigenvalue weighted by atomic mass is 9.77. The van der Waals surface area contributed by atoms with Crippen molar-refractivity contribution in [3.05, 3.63) is 76.8 Å². The van der Waals surface area contributed by atoms with Crippen molar-refractivity contribution in [1.29, 1.82) is 0 Å². The fourth-order valence-electron chi connectivity index (χ4n) is 3.14. The third-order valence-electron chi connectivity index (χ3n) is 5.73. The number of alkyl carbamates (subject to hydrolysis) is 1. The van der Waals surface area contributed by atoms with Gasteiger partial charge >= 0.3 is 13.2 Å². The van der Waals surface area contributed by atoms with Gasteiger partial charge in [0.1, 0.15) is 6.61 Å². The van der Waals surface area contributed by atoms with E-state index in [0.717, 1.165) is 11.1 Å². The molecule has 1 aliphatic rings. The molecule has 168 valence electrons. The third-order valence-corrected chi connectivity index (χ3v) is 5.73. The van der Waals surface area contributed by atoms with E-state index in [1.165, 1.54) is 0 Å². The summed E-state index contributed by atoms with van der Waals surface area (Å²) in [6.07, 6.45) is 1.27. The summed E-state index contributed by atoms with van der Waals surface area (Å²) in [6.45, 7) is 8.15. The van der Waals surface area contributed by atoms with E-state index in [9.17, 15) is 9.59 Å². The zero-order chi connectivity index (χ0) is 23.4. The van der Waals surface area contributed by atoms with Gasteiger partial charge in [0, 0.05) is 12.1 Å². The van der Waals surface area contributed by atoms with Crippen LogP contribution in [0.1, 0.15) is 49.2 Å². The van der Waals surface area contributed by atoms with Gasteiger partial charge in [-0.15, -0.1) is 0 Å². The molecule has 1 saturated heterocycles. The quantitative estimate of drug-likeness (QED) is 0.645. The van der Waals surface area contributed by atoms with E-state index in [1.807, 2.05) is 70.2 Å². The number of nitrogens with one attached hydrogen (secondary N) is 1. The summed E-state index contributed by atoms with van der Waals surface area (Å²) in [5, 5.41) is 2.76. The Morgan fingerprint density at radius 2 is 1.69 bits per heavy atom. The molecular weight excluding hydrogens is 407 g/mol. The van der Waals surface area contributed by atoms with E-state index in [2.05, 4.69) is 5.32 Å². The molecule has 0 aromatic heterocycles. The molecule has 0 aliphatic carbocycles. The molecule has 2 amide bonds. The summed E-state index contributed by atoms with van der Waals surface area (Å²) in [6, 6.07) is 16.4. The molecule has 8 heteroatoms. The second-order valence-electron chi connectivity index (χ2n) is 8.71. The second kappa shape index (κ2) is 9.59. The van der Waals surface area contributed by atoms with E-state index in [4.69, 9.17) is 19.8 Å². The lowest BCUT2D eigenvalue weighted by molar-refractivity contribution is 0.00578. The minimum atomic E-state index is -0.674. The topological polar surface area (TPSA) is 99.9 Å². The van der Waals surface area contributed by atoms with Crippen molar-refractivity contribution in [2.75, 3.05) is 6.54 Å². The van der Waals surface area contributed by atoms with Gasteiger partial charge in [-0.1, -0.05) is 48.5 Å². The summed E-state index contributed by atoms with van der Waals surface area (Å²) in [5.74, 6) is -0.514. The van der Waals surface area contributed by atoms with Crippen molar-refractivity contribution in [3.8, 4) is 0 Å². The van der Waals surface area contributed by atoms with Crippen LogP contribution in [0.3, 0.4) is 0 Å². The third kappa shape index (κ3) is 5.78. The van der Waals surface area contributed by atoms with Crippen molar-refractivity contribution in [2.45, 2.75) is 45.5 Å². The molecule has 3 N–H and O–H groups in total. The summed E-state index contributed by atoms with van der Waals surface area (Å²) in [4.78, 5) is 23.8. The number of hydrogen-bond acceptors (Lipinski definition) is 5. The Bertz CT molecular complexity index is 988. The van der Waals surface area contributed by atoms with Gasteiger partial charge in [0.25, 0.3) is 0 Å². The lowest BCUT2D eigenvalue weighted by Crippen LogP contribution is -2.41. The van der Waals surface area contributed by atoms with Gasteiger partial charge in [0.05, 0.1) is 11.2 Å². The molecule has 1 aliphatic heterocycles. The number of primary amides is 1. The number of carbonyl (C=O) groups is 2. The second-order valence-corrected chi connectivity index (χ2v) is 8.71. The number of amides is 2. The lowest BCUT2D eigenvalue weighted by Gasteiger charge is -2.32. The number of benzene rings is 2. The van der Waals surface area contributed by atoms with Gasteiger partial charge in [-0.25, -0.2) is 4.79 Å². The minimum Gasteiger partial charge on any atom is -0.445 e. The Labute approximate surface area is 189 Å². The zero-order valence-electron chi connectivity index (χ0n) is 18.9. The average molecular weight is 436 g/mol. The highest BCUT2D eigenvalue weighted by Gasteiger charge is 2.52. The largest absolute Gasteiger partial charge is 0.492 e. The van der Waals surface area contributed by atoms with Crippen LogP contribution in [0, 0.1) is 0 Å². The fraction of sp³-hybridized carbons (Fsp3) is 0.333. The first kappa shape index (κ1) is 23.6. The van der Waals surface area contributed by atoms with Crippen LogP contribution < -0.4 is 11.1 Å². The molecule has 3 rings (SSSR count). The van der Waals surface area contributed by atoms with Gasteiger partial charge in [-0.05, 0) is 56.4 Å².